The van der Waals surface area contributed by atoms with Gasteiger partial charge in [-0.05, 0) is 57.8 Å². The first-order valence-electron chi connectivity index (χ1n) is 22.6. The number of ether oxygens (including phenoxy) is 1. The second kappa shape index (κ2) is 44.1. The normalized spacial score (nSPS) is 14.6. The highest BCUT2D eigenvalue weighted by atomic mass is 16.5. The minimum atomic E-state index is -0.823. The summed E-state index contributed by atoms with van der Waals surface area (Å²) >= 11 is 0. The molecule has 0 bridgehead atoms. The third kappa shape index (κ3) is 38.9. The van der Waals surface area contributed by atoms with Gasteiger partial charge in [0.1, 0.15) is 6.10 Å². The first-order chi connectivity index (χ1) is 28.5. The van der Waals surface area contributed by atoms with Crippen LogP contribution >= 0.6 is 0 Å². The van der Waals surface area contributed by atoms with Crippen LogP contribution in [0.15, 0.2) is 134 Å². The molecule has 0 spiro atoms. The quantitative estimate of drug-likeness (QED) is 0.0330. The lowest BCUT2D eigenvalue weighted by Gasteiger charge is -2.24. The van der Waals surface area contributed by atoms with Gasteiger partial charge >= 0.3 is 5.97 Å². The number of allylic oxidation sites excluding steroid dienone is 22. The zero-order valence-corrected chi connectivity index (χ0v) is 36.6. The highest BCUT2D eigenvalue weighted by Crippen LogP contribution is 2.15. The van der Waals surface area contributed by atoms with Crippen molar-refractivity contribution in [2.24, 2.45) is 0 Å². The number of amides is 1. The molecule has 3 atom stereocenters. The maximum Gasteiger partial charge on any atom is 0.306 e. The van der Waals surface area contributed by atoms with E-state index < -0.39 is 18.2 Å². The number of nitrogens with one attached hydrogen (secondary N) is 1. The summed E-state index contributed by atoms with van der Waals surface area (Å²) in [4.78, 5) is 26.0. The summed E-state index contributed by atoms with van der Waals surface area (Å²) in [5.74, 6) is -0.620. The molecule has 3 unspecified atom stereocenters. The van der Waals surface area contributed by atoms with Crippen molar-refractivity contribution in [3.8, 4) is 0 Å². The van der Waals surface area contributed by atoms with Crippen LogP contribution in [0.1, 0.15) is 156 Å². The first kappa shape index (κ1) is 54.0. The summed E-state index contributed by atoms with van der Waals surface area (Å²) in [7, 11) is 0. The predicted octanol–water partition coefficient (Wildman–Crippen LogP) is 13.1. The second-order valence-electron chi connectivity index (χ2n) is 14.6. The van der Waals surface area contributed by atoms with E-state index >= 15 is 0 Å². The molecule has 0 saturated carbocycles. The molecule has 0 aromatic carbocycles. The van der Waals surface area contributed by atoms with E-state index in [0.29, 0.717) is 19.3 Å². The van der Waals surface area contributed by atoms with Crippen LogP contribution in [0.4, 0.5) is 0 Å². The largest absolute Gasteiger partial charge is 0.462 e. The standard InChI is InChI=1S/C52H81NO5/c1-4-7-10-13-16-19-21-23-25-27-29-32-34-37-40-43-48(46-51(56)53-49(47-54)50(55)44-41-38-35-31-18-15-12-9-6-3)58-52(57)45-42-39-36-33-30-28-26-24-22-20-17-14-11-8-5-2/h7-8,10-11,13-14,16-17,19-30,32,34,48-50,54-55H,4-6,9,12,15,18,31,33,35-47H2,1-3H3,(H,53,56)/b10-7-,11-8+,16-13+,17-14+,21-19+,22-20-,25-23-,26-24-,29-27+,30-28+,34-32+. The molecule has 0 fully saturated rings. The molecular weight excluding hydrogens is 719 g/mol. The van der Waals surface area contributed by atoms with Crippen LogP contribution < -0.4 is 5.32 Å². The predicted molar refractivity (Wildman–Crippen MR) is 249 cm³/mol. The number of aliphatic hydroxyl groups excluding tert-OH is 2. The molecule has 0 aromatic rings. The molecule has 0 heterocycles. The van der Waals surface area contributed by atoms with E-state index in [1.165, 1.54) is 38.5 Å². The SMILES string of the molecule is CC\C=C/C=C/C=C/C=C\C=C\C=C\CCCC(CC(=O)NC(CO)C(O)CCCCCCCCCCC)OC(=O)CCCCC/C=C/C=C\C=C/C=C/C=C/CC. The van der Waals surface area contributed by atoms with Gasteiger partial charge in [-0.2, -0.15) is 0 Å². The zero-order valence-electron chi connectivity index (χ0n) is 36.6. The van der Waals surface area contributed by atoms with Crippen LogP contribution in [0.2, 0.25) is 0 Å². The molecule has 0 aromatic heterocycles. The van der Waals surface area contributed by atoms with E-state index in [0.717, 1.165) is 70.6 Å². The molecule has 0 aliphatic rings. The molecule has 0 rings (SSSR count). The Hall–Kier alpha value is -4.00. The van der Waals surface area contributed by atoms with Gasteiger partial charge in [0, 0.05) is 6.42 Å². The van der Waals surface area contributed by atoms with Crippen LogP contribution in [-0.4, -0.2) is 46.9 Å². The summed E-state index contributed by atoms with van der Waals surface area (Å²) in [6.07, 6.45) is 62.2. The lowest BCUT2D eigenvalue weighted by Crippen LogP contribution is -2.46. The highest BCUT2D eigenvalue weighted by Gasteiger charge is 2.23. The number of rotatable bonds is 37. The Balaban J connectivity index is 4.91. The molecule has 6 heteroatoms. The second-order valence-corrected chi connectivity index (χ2v) is 14.6. The molecule has 0 aliphatic carbocycles. The molecule has 6 nitrogen and oxygen atoms in total. The van der Waals surface area contributed by atoms with Gasteiger partial charge in [-0.1, -0.05) is 219 Å². The van der Waals surface area contributed by atoms with E-state index in [4.69, 9.17) is 4.74 Å². The van der Waals surface area contributed by atoms with E-state index in [2.05, 4.69) is 50.4 Å². The monoisotopic (exact) mass is 800 g/mol. The van der Waals surface area contributed by atoms with Crippen molar-refractivity contribution in [1.29, 1.82) is 0 Å². The van der Waals surface area contributed by atoms with Crippen LogP contribution in [0.5, 0.6) is 0 Å². The number of aliphatic hydroxyl groups is 2. The summed E-state index contributed by atoms with van der Waals surface area (Å²) in [5.41, 5.74) is 0. The maximum absolute atomic E-state index is 13.1. The fourth-order valence-electron chi connectivity index (χ4n) is 5.90. The molecule has 0 saturated heterocycles. The summed E-state index contributed by atoms with van der Waals surface area (Å²) < 4.78 is 5.84. The van der Waals surface area contributed by atoms with Gasteiger partial charge in [-0.3, -0.25) is 9.59 Å². The van der Waals surface area contributed by atoms with Crippen molar-refractivity contribution in [2.75, 3.05) is 6.61 Å². The van der Waals surface area contributed by atoms with E-state index in [-0.39, 0.29) is 24.9 Å². The molecule has 0 aliphatic heterocycles. The Morgan fingerprint density at radius 3 is 1.43 bits per heavy atom. The molecule has 3 N–H and O–H groups in total. The molecule has 324 valence electrons. The van der Waals surface area contributed by atoms with E-state index in [1.807, 2.05) is 109 Å². The minimum Gasteiger partial charge on any atom is -0.462 e. The Bertz CT molecular complexity index is 1310. The lowest BCUT2D eigenvalue weighted by atomic mass is 10.0. The molecule has 1 amide bonds. The van der Waals surface area contributed by atoms with Crippen LogP contribution in [-0.2, 0) is 14.3 Å². The number of carbonyl (C=O) groups excluding carboxylic acids is 2. The number of hydrogen-bond donors (Lipinski definition) is 3. The number of unbranched alkanes of at least 4 members (excludes halogenated alkanes) is 12. The Morgan fingerprint density at radius 2 is 0.948 bits per heavy atom. The van der Waals surface area contributed by atoms with Crippen molar-refractivity contribution in [3.63, 3.8) is 0 Å². The Kier molecular flexibility index (Phi) is 41.1. The summed E-state index contributed by atoms with van der Waals surface area (Å²) in [5, 5.41) is 23.5. The summed E-state index contributed by atoms with van der Waals surface area (Å²) in [6, 6.07) is -0.743. The third-order valence-electron chi connectivity index (χ3n) is 9.26. The summed E-state index contributed by atoms with van der Waals surface area (Å²) in [6.45, 7) is 6.10. The van der Waals surface area contributed by atoms with Crippen molar-refractivity contribution < 1.29 is 24.5 Å². The van der Waals surface area contributed by atoms with Crippen LogP contribution in [0.25, 0.3) is 0 Å². The molecule has 58 heavy (non-hydrogen) atoms. The van der Waals surface area contributed by atoms with Gasteiger partial charge in [-0.25, -0.2) is 0 Å². The average Bonchev–Trinajstić information content (AvgIpc) is 3.22. The van der Waals surface area contributed by atoms with Crippen LogP contribution in [0.3, 0.4) is 0 Å². The lowest BCUT2D eigenvalue weighted by molar-refractivity contribution is -0.151. The van der Waals surface area contributed by atoms with Gasteiger partial charge in [0.05, 0.1) is 25.2 Å². The fourth-order valence-corrected chi connectivity index (χ4v) is 5.90. The maximum atomic E-state index is 13.1. The fraction of sp³-hybridized carbons (Fsp3) is 0.538. The topological polar surface area (TPSA) is 95.9 Å². The third-order valence-corrected chi connectivity index (χ3v) is 9.26. The average molecular weight is 800 g/mol. The van der Waals surface area contributed by atoms with E-state index in [1.54, 1.807) is 0 Å². The van der Waals surface area contributed by atoms with Crippen molar-refractivity contribution in [3.05, 3.63) is 134 Å². The van der Waals surface area contributed by atoms with Gasteiger partial charge < -0.3 is 20.3 Å². The number of esters is 1. The van der Waals surface area contributed by atoms with Crippen molar-refractivity contribution in [2.45, 2.75) is 174 Å². The van der Waals surface area contributed by atoms with Crippen molar-refractivity contribution >= 4 is 11.9 Å². The number of carbonyl (C=O) groups is 2. The van der Waals surface area contributed by atoms with Crippen LogP contribution in [0, 0.1) is 0 Å². The zero-order chi connectivity index (χ0) is 42.4. The van der Waals surface area contributed by atoms with Gasteiger partial charge in [0.2, 0.25) is 5.91 Å². The van der Waals surface area contributed by atoms with E-state index in [9.17, 15) is 19.8 Å². The number of hydrogen-bond acceptors (Lipinski definition) is 5. The minimum absolute atomic E-state index is 0.00130. The Labute approximate surface area is 354 Å². The molecule has 0 radical (unpaired) electrons. The van der Waals surface area contributed by atoms with Gasteiger partial charge in [-0.15, -0.1) is 0 Å². The van der Waals surface area contributed by atoms with Crippen molar-refractivity contribution in [1.82, 2.24) is 5.32 Å². The van der Waals surface area contributed by atoms with Gasteiger partial charge in [0.15, 0.2) is 0 Å². The van der Waals surface area contributed by atoms with Gasteiger partial charge in [0.25, 0.3) is 0 Å². The molecular formula is C52H81NO5. The Morgan fingerprint density at radius 1 is 0.517 bits per heavy atom. The highest BCUT2D eigenvalue weighted by molar-refractivity contribution is 5.77. The first-order valence-corrected chi connectivity index (χ1v) is 22.6. The smallest absolute Gasteiger partial charge is 0.306 e.